The molecule has 130 valence electrons. The molecule has 9 nitrogen and oxygen atoms in total. The van der Waals surface area contributed by atoms with Gasteiger partial charge >= 0.3 is 11.9 Å². The number of hydrogen-bond acceptors (Lipinski definition) is 5. The monoisotopic (exact) mass is 346 g/mol. The number of aryl methyl sites for hydroxylation is 2. The number of H-pyrrole nitrogens is 1. The fourth-order valence-corrected chi connectivity index (χ4v) is 2.04. The quantitative estimate of drug-likeness (QED) is 0.635. The predicted molar refractivity (Wildman–Crippen MR) is 75.2 cm³/mol. The number of nitro groups is 1. The first-order chi connectivity index (χ1) is 11.1. The van der Waals surface area contributed by atoms with Crippen LogP contribution in [0.5, 0.6) is 0 Å². The van der Waals surface area contributed by atoms with E-state index < -0.39 is 28.4 Å². The normalized spacial score (nSPS) is 11.5. The van der Waals surface area contributed by atoms with Crippen LogP contribution < -0.4 is 5.32 Å². The molecule has 24 heavy (non-hydrogen) atoms. The van der Waals surface area contributed by atoms with Crippen molar-refractivity contribution in [2.75, 3.05) is 5.32 Å². The number of nitrogens with zero attached hydrogens (tertiary/aromatic N) is 4. The van der Waals surface area contributed by atoms with E-state index >= 15 is 0 Å². The smallest absolute Gasteiger partial charge is 0.323 e. The van der Waals surface area contributed by atoms with E-state index in [0.717, 1.165) is 6.20 Å². The lowest BCUT2D eigenvalue weighted by atomic mass is 10.2. The molecule has 0 saturated heterocycles. The van der Waals surface area contributed by atoms with Gasteiger partial charge in [-0.2, -0.15) is 23.4 Å². The maximum absolute atomic E-state index is 12.8. The summed E-state index contributed by atoms with van der Waals surface area (Å²) in [4.78, 5) is 22.0. The molecule has 2 heterocycles. The summed E-state index contributed by atoms with van der Waals surface area (Å²) in [5, 5.41) is 22.0. The molecule has 1 amide bonds. The Labute approximate surface area is 133 Å². The van der Waals surface area contributed by atoms with Gasteiger partial charge in [0.1, 0.15) is 11.9 Å². The van der Waals surface area contributed by atoms with Gasteiger partial charge in [-0.25, -0.2) is 0 Å². The lowest BCUT2D eigenvalue weighted by Crippen LogP contribution is -2.18. The van der Waals surface area contributed by atoms with Gasteiger partial charge in [0.05, 0.1) is 22.8 Å². The first kappa shape index (κ1) is 17.4. The number of halogens is 3. The lowest BCUT2D eigenvalue weighted by Gasteiger charge is -2.09. The van der Waals surface area contributed by atoms with E-state index in [0.29, 0.717) is 0 Å². The van der Waals surface area contributed by atoms with E-state index in [2.05, 4.69) is 20.6 Å². The number of aromatic amines is 1. The summed E-state index contributed by atoms with van der Waals surface area (Å²) in [6.07, 6.45) is -3.86. The number of rotatable bonds is 5. The molecule has 2 aromatic rings. The van der Waals surface area contributed by atoms with Crippen molar-refractivity contribution in [2.24, 2.45) is 0 Å². The molecule has 0 unspecified atom stereocenters. The number of hydrogen-bond donors (Lipinski definition) is 2. The third-order valence-electron chi connectivity index (χ3n) is 3.30. The number of anilines is 1. The summed E-state index contributed by atoms with van der Waals surface area (Å²) in [5.74, 6) is -0.692. The van der Waals surface area contributed by atoms with E-state index in [1.165, 1.54) is 18.5 Å². The summed E-state index contributed by atoms with van der Waals surface area (Å²) in [6.45, 7) is 2.80. The topological polar surface area (TPSA) is 119 Å². The van der Waals surface area contributed by atoms with E-state index in [1.807, 2.05) is 0 Å². The Balaban J connectivity index is 2.05. The first-order valence-electron chi connectivity index (χ1n) is 6.70. The summed E-state index contributed by atoms with van der Waals surface area (Å²) in [7, 11) is 0. The summed E-state index contributed by atoms with van der Waals surface area (Å²) < 4.78 is 39.6. The molecular weight excluding hydrogens is 333 g/mol. The molecule has 0 saturated carbocycles. The average molecular weight is 346 g/mol. The van der Waals surface area contributed by atoms with Gasteiger partial charge in [-0.3, -0.25) is 24.7 Å². The molecule has 0 aromatic carbocycles. The molecule has 0 atom stereocenters. The minimum Gasteiger partial charge on any atom is -0.323 e. The van der Waals surface area contributed by atoms with Gasteiger partial charge in [-0.05, 0) is 13.8 Å². The zero-order valence-corrected chi connectivity index (χ0v) is 12.6. The zero-order chi connectivity index (χ0) is 18.1. The minimum atomic E-state index is -4.70. The Morgan fingerprint density at radius 2 is 2.12 bits per heavy atom. The van der Waals surface area contributed by atoms with Crippen LogP contribution >= 0.6 is 0 Å². The second kappa shape index (κ2) is 6.29. The number of aromatic nitrogens is 4. The highest BCUT2D eigenvalue weighted by atomic mass is 19.4. The van der Waals surface area contributed by atoms with Crippen LogP contribution in [-0.4, -0.2) is 30.8 Å². The van der Waals surface area contributed by atoms with Crippen LogP contribution in [0, 0.1) is 24.0 Å². The average Bonchev–Trinajstić information content (AvgIpc) is 3.00. The summed E-state index contributed by atoms with van der Waals surface area (Å²) >= 11 is 0. The zero-order valence-electron chi connectivity index (χ0n) is 12.6. The molecule has 2 aromatic heterocycles. The van der Waals surface area contributed by atoms with Crippen LogP contribution in [0.2, 0.25) is 0 Å². The van der Waals surface area contributed by atoms with Gasteiger partial charge in [0.2, 0.25) is 5.91 Å². The van der Waals surface area contributed by atoms with E-state index in [1.54, 1.807) is 0 Å². The predicted octanol–water partition coefficient (Wildman–Crippen LogP) is 2.18. The van der Waals surface area contributed by atoms with Gasteiger partial charge in [-0.15, -0.1) is 0 Å². The van der Waals surface area contributed by atoms with Gasteiger partial charge in [-0.1, -0.05) is 0 Å². The second-order valence-electron chi connectivity index (χ2n) is 4.96. The van der Waals surface area contributed by atoms with Crippen molar-refractivity contribution in [3.63, 3.8) is 0 Å². The number of alkyl halides is 3. The van der Waals surface area contributed by atoms with Crippen LogP contribution in [-0.2, 0) is 17.5 Å². The Hall–Kier alpha value is -2.92. The van der Waals surface area contributed by atoms with Crippen molar-refractivity contribution in [3.8, 4) is 0 Å². The largest absolute Gasteiger partial charge is 0.437 e. The molecule has 2 N–H and O–H groups in total. The fraction of sp³-hybridized carbons (Fsp3) is 0.417. The fourth-order valence-electron chi connectivity index (χ4n) is 2.04. The van der Waals surface area contributed by atoms with Crippen molar-refractivity contribution in [3.05, 3.63) is 33.4 Å². The van der Waals surface area contributed by atoms with Gasteiger partial charge in [0.15, 0.2) is 5.69 Å². The van der Waals surface area contributed by atoms with Crippen LogP contribution in [0.4, 0.5) is 24.5 Å². The Morgan fingerprint density at radius 3 is 2.67 bits per heavy atom. The third-order valence-corrected chi connectivity index (χ3v) is 3.30. The van der Waals surface area contributed by atoms with Crippen LogP contribution in [0.25, 0.3) is 0 Å². The van der Waals surface area contributed by atoms with Crippen molar-refractivity contribution >= 4 is 17.3 Å². The molecule has 0 aliphatic rings. The highest BCUT2D eigenvalue weighted by Crippen LogP contribution is 2.34. The van der Waals surface area contributed by atoms with Gasteiger partial charge in [0.25, 0.3) is 0 Å². The van der Waals surface area contributed by atoms with Crippen LogP contribution in [0.1, 0.15) is 23.5 Å². The van der Waals surface area contributed by atoms with Crippen molar-refractivity contribution in [1.82, 2.24) is 20.0 Å². The molecule has 0 aliphatic carbocycles. The van der Waals surface area contributed by atoms with Crippen molar-refractivity contribution in [2.45, 2.75) is 33.0 Å². The third kappa shape index (κ3) is 3.52. The lowest BCUT2D eigenvalue weighted by molar-refractivity contribution is -0.385. The first-order valence-corrected chi connectivity index (χ1v) is 6.70. The van der Waals surface area contributed by atoms with Crippen molar-refractivity contribution in [1.29, 1.82) is 0 Å². The van der Waals surface area contributed by atoms with Gasteiger partial charge in [0, 0.05) is 6.42 Å². The van der Waals surface area contributed by atoms with Crippen LogP contribution in [0.15, 0.2) is 6.20 Å². The highest BCUT2D eigenvalue weighted by Gasteiger charge is 2.38. The Morgan fingerprint density at radius 1 is 1.46 bits per heavy atom. The molecular formula is C12H13F3N6O3. The molecule has 12 heteroatoms. The Bertz CT molecular complexity index is 780. The summed E-state index contributed by atoms with van der Waals surface area (Å²) in [6, 6.07) is 0. The Kier molecular flexibility index (Phi) is 4.57. The summed E-state index contributed by atoms with van der Waals surface area (Å²) in [5.41, 5.74) is -1.51. The minimum absolute atomic E-state index is 0.0102. The molecule has 0 radical (unpaired) electrons. The SMILES string of the molecule is Cc1[nH]nc(C(F)(F)F)c1NC(=O)CCn1ncc([N+](=O)[O-])c1C. The maximum atomic E-state index is 12.8. The number of amides is 1. The second-order valence-corrected chi connectivity index (χ2v) is 4.96. The van der Waals surface area contributed by atoms with Crippen molar-refractivity contribution < 1.29 is 22.9 Å². The van der Waals surface area contributed by atoms with Gasteiger partial charge < -0.3 is 5.32 Å². The van der Waals surface area contributed by atoms with E-state index in [4.69, 9.17) is 0 Å². The van der Waals surface area contributed by atoms with Crippen LogP contribution in [0.3, 0.4) is 0 Å². The highest BCUT2D eigenvalue weighted by molar-refractivity contribution is 5.91. The number of nitrogens with one attached hydrogen (secondary N) is 2. The molecule has 0 aliphatic heterocycles. The number of carbonyl (C=O) groups is 1. The molecule has 0 fully saturated rings. The molecule has 0 spiro atoms. The van der Waals surface area contributed by atoms with E-state index in [-0.39, 0.29) is 30.0 Å². The molecule has 2 rings (SSSR count). The number of carbonyl (C=O) groups excluding carboxylic acids is 1. The van der Waals surface area contributed by atoms with E-state index in [9.17, 15) is 28.1 Å². The maximum Gasteiger partial charge on any atom is 0.437 e. The standard InChI is InChI=1S/C12H13F3N6O3/c1-6-10(11(19-18-6)12(13,14)15)17-9(22)3-4-20-7(2)8(5-16-20)21(23)24/h5H,3-4H2,1-2H3,(H,17,22)(H,18,19). The molecule has 0 bridgehead atoms.